The molecule has 69 heavy (non-hydrogen) atoms. The van der Waals surface area contributed by atoms with Crippen LogP contribution in [0.3, 0.4) is 0 Å². The first-order valence-corrected chi connectivity index (χ1v) is 26.6. The molecular weight excluding hydrogens is 859 g/mol. The third-order valence-corrected chi connectivity index (χ3v) is 20.0. The quantitative estimate of drug-likeness (QED) is 0.0929. The molecule has 0 spiro atoms. The van der Waals surface area contributed by atoms with E-state index in [1.165, 1.54) is 57.8 Å². The molecule has 12 aliphatic rings. The average molecular weight is 928 g/mol. The van der Waals surface area contributed by atoms with Gasteiger partial charge in [0.05, 0.1) is 17.1 Å². The van der Waals surface area contributed by atoms with Crippen molar-refractivity contribution in [2.24, 2.45) is 53.3 Å². The molecule has 360 valence electrons. The molecule has 0 atom stereocenters. The maximum absolute atomic E-state index is 12.8. The lowest BCUT2D eigenvalue weighted by Crippen LogP contribution is -2.52. The summed E-state index contributed by atoms with van der Waals surface area (Å²) in [6.07, 6.45) is 21.0. The summed E-state index contributed by atoms with van der Waals surface area (Å²) in [5.74, 6) is 9.35. The molecular formula is C60H69N3O6. The number of carbonyl (C=O) groups excluding carboxylic acids is 3. The van der Waals surface area contributed by atoms with Gasteiger partial charge >= 0.3 is 0 Å². The van der Waals surface area contributed by atoms with Gasteiger partial charge in [-0.25, -0.2) is 0 Å². The average Bonchev–Trinajstić information content (AvgIpc) is 3.26. The topological polar surface area (TPSA) is 157 Å². The molecule has 16 rings (SSSR count). The van der Waals surface area contributed by atoms with Crippen LogP contribution in [0.15, 0.2) is 54.6 Å². The number of benzene rings is 4. The van der Waals surface area contributed by atoms with Gasteiger partial charge in [-0.3, -0.25) is 14.4 Å². The van der Waals surface area contributed by atoms with Crippen LogP contribution in [0.1, 0.15) is 184 Å². The first-order valence-electron chi connectivity index (χ1n) is 26.6. The molecule has 0 radical (unpaired) electrons. The van der Waals surface area contributed by atoms with Gasteiger partial charge in [-0.2, -0.15) is 0 Å². The molecule has 0 amide bonds. The molecule has 9 nitrogen and oxygen atoms in total. The van der Waals surface area contributed by atoms with Crippen molar-refractivity contribution in [2.75, 3.05) is 17.2 Å². The van der Waals surface area contributed by atoms with Gasteiger partial charge in [0.1, 0.15) is 34.5 Å². The number of nitrogen functional groups attached to an aromatic ring is 3. The van der Waals surface area contributed by atoms with Crippen LogP contribution in [0.4, 0.5) is 17.1 Å². The molecule has 4 aromatic carbocycles. The fraction of sp³-hybridized carbons (Fsp3) is 0.550. The summed E-state index contributed by atoms with van der Waals surface area (Å²) >= 11 is 0. The summed E-state index contributed by atoms with van der Waals surface area (Å²) in [5, 5.41) is 0. The lowest BCUT2D eigenvalue weighted by molar-refractivity contribution is -0.0152. The van der Waals surface area contributed by atoms with Crippen LogP contribution in [0.2, 0.25) is 0 Å². The number of anilines is 3. The minimum atomic E-state index is -0.254. The molecule has 6 N–H and O–H groups in total. The summed E-state index contributed by atoms with van der Waals surface area (Å²) in [4.78, 5) is 38.4. The second-order valence-electron chi connectivity index (χ2n) is 24.9. The Morgan fingerprint density at radius 1 is 0.377 bits per heavy atom. The summed E-state index contributed by atoms with van der Waals surface area (Å²) in [6.45, 7) is 4.72. The zero-order chi connectivity index (χ0) is 47.3. The summed E-state index contributed by atoms with van der Waals surface area (Å²) in [7, 11) is 0. The van der Waals surface area contributed by atoms with Crippen LogP contribution in [0, 0.1) is 53.3 Å². The molecule has 4 aromatic rings. The summed E-state index contributed by atoms with van der Waals surface area (Å²) in [5.41, 5.74) is 26.8. The molecule has 0 aromatic heterocycles. The van der Waals surface area contributed by atoms with Gasteiger partial charge < -0.3 is 31.4 Å². The van der Waals surface area contributed by atoms with Crippen LogP contribution in [0.25, 0.3) is 0 Å². The standard InChI is InChI=1S/C60H69N3O6/c1-31(64)43-4-7-49(46(61)19-43)67-55-52(58-22-34-10-35(23-58)12-36(11-34)24-58)56(68-50-8-5-44(32(2)65)20-47(50)62)54(60-28-40-16-41(29-60)18-42(17-40)30-60)57(69-51-9-6-45(33(3)66)21-48(51)63)53(55)59-25-37-13-38(26-59)15-39(14-37)27-59/h4-9,19-21,34-42H,10-18,22-30,61-63H2,1-3H3. The maximum Gasteiger partial charge on any atom is 0.159 e. The van der Waals surface area contributed by atoms with E-state index in [9.17, 15) is 14.4 Å². The molecule has 9 heteroatoms. The third-order valence-electron chi connectivity index (χ3n) is 20.0. The highest BCUT2D eigenvalue weighted by Gasteiger charge is 2.62. The van der Waals surface area contributed by atoms with Crippen LogP contribution in [-0.2, 0) is 16.2 Å². The lowest BCUT2D eigenvalue weighted by atomic mass is 9.44. The number of ether oxygens (including phenoxy) is 3. The summed E-state index contributed by atoms with van der Waals surface area (Å²) < 4.78 is 23.5. The van der Waals surface area contributed by atoms with Crippen molar-refractivity contribution in [2.45, 2.75) is 153 Å². The highest BCUT2D eigenvalue weighted by atomic mass is 16.5. The van der Waals surface area contributed by atoms with Crippen LogP contribution >= 0.6 is 0 Å². The molecule has 12 bridgehead atoms. The van der Waals surface area contributed by atoms with Crippen LogP contribution in [-0.4, -0.2) is 17.3 Å². The van der Waals surface area contributed by atoms with Crippen LogP contribution < -0.4 is 31.4 Å². The van der Waals surface area contributed by atoms with Crippen molar-refractivity contribution >= 4 is 34.4 Å². The van der Waals surface area contributed by atoms with E-state index in [1.54, 1.807) is 39.0 Å². The largest absolute Gasteiger partial charge is 0.454 e. The predicted octanol–water partition coefficient (Wildman–Crippen LogP) is 13.8. The predicted molar refractivity (Wildman–Crippen MR) is 269 cm³/mol. The Kier molecular flexibility index (Phi) is 9.87. The number of ketones is 3. The molecule has 0 aliphatic heterocycles. The SMILES string of the molecule is CC(=O)c1ccc(Oc2c(C34CC5CC(CC(C5)C3)C4)c(Oc3ccc(C(C)=O)cc3N)c(C34CC5CC(CC(C5)C3)C4)c(Oc3ccc(C(C)=O)cc3N)c2C23CC4CC(CC(C4)C2)C3)c(N)c1. The van der Waals surface area contributed by atoms with Crippen LogP contribution in [0.5, 0.6) is 34.5 Å². The van der Waals surface area contributed by atoms with Crippen molar-refractivity contribution in [3.8, 4) is 34.5 Å². The van der Waals surface area contributed by atoms with E-state index >= 15 is 0 Å². The number of carbonyl (C=O) groups is 3. The molecule has 0 heterocycles. The second kappa shape index (κ2) is 15.6. The Bertz CT molecular complexity index is 2430. The minimum absolute atomic E-state index is 0.0511. The lowest BCUT2D eigenvalue weighted by Gasteiger charge is -2.61. The zero-order valence-electron chi connectivity index (χ0n) is 40.8. The van der Waals surface area contributed by atoms with Crippen molar-refractivity contribution in [1.29, 1.82) is 0 Å². The minimum Gasteiger partial charge on any atom is -0.454 e. The van der Waals surface area contributed by atoms with Gasteiger partial charge in [0, 0.05) is 49.6 Å². The zero-order valence-corrected chi connectivity index (χ0v) is 40.8. The molecule has 12 aliphatic carbocycles. The Morgan fingerprint density at radius 3 is 0.754 bits per heavy atom. The van der Waals surface area contributed by atoms with Gasteiger partial charge in [-0.15, -0.1) is 0 Å². The highest BCUT2D eigenvalue weighted by Crippen LogP contribution is 2.73. The van der Waals surface area contributed by atoms with E-state index in [1.807, 2.05) is 36.4 Å². The van der Waals surface area contributed by atoms with Gasteiger partial charge in [0.15, 0.2) is 17.3 Å². The van der Waals surface area contributed by atoms with E-state index in [-0.39, 0.29) is 33.6 Å². The number of rotatable bonds is 12. The normalized spacial score (nSPS) is 35.1. The van der Waals surface area contributed by atoms with Gasteiger partial charge in [0.2, 0.25) is 0 Å². The van der Waals surface area contributed by atoms with Gasteiger partial charge in [0.25, 0.3) is 0 Å². The maximum atomic E-state index is 12.8. The summed E-state index contributed by atoms with van der Waals surface area (Å²) in [6, 6.07) is 16.5. The second-order valence-corrected chi connectivity index (χ2v) is 24.9. The van der Waals surface area contributed by atoms with Crippen molar-refractivity contribution in [3.63, 3.8) is 0 Å². The molecule has 12 saturated carbocycles. The van der Waals surface area contributed by atoms with Crippen molar-refractivity contribution in [1.82, 2.24) is 0 Å². The van der Waals surface area contributed by atoms with Crippen molar-refractivity contribution in [3.05, 3.63) is 88.0 Å². The first-order chi connectivity index (χ1) is 33.1. The molecule has 12 fully saturated rings. The highest BCUT2D eigenvalue weighted by molar-refractivity contribution is 5.96. The van der Waals surface area contributed by atoms with E-state index in [0.29, 0.717) is 104 Å². The van der Waals surface area contributed by atoms with E-state index < -0.39 is 0 Å². The number of hydrogen-bond donors (Lipinski definition) is 3. The fourth-order valence-electron chi connectivity index (χ4n) is 18.6. The fourth-order valence-corrected chi connectivity index (χ4v) is 18.6. The molecule has 0 saturated heterocycles. The Hall–Kier alpha value is -5.31. The Labute approximate surface area is 407 Å². The van der Waals surface area contributed by atoms with Crippen molar-refractivity contribution < 1.29 is 28.6 Å². The van der Waals surface area contributed by atoms with Gasteiger partial charge in [-0.1, -0.05) is 0 Å². The van der Waals surface area contributed by atoms with E-state index in [4.69, 9.17) is 31.4 Å². The number of nitrogens with two attached hydrogens (primary N) is 3. The van der Waals surface area contributed by atoms with Gasteiger partial charge in [-0.05, 0) is 244 Å². The Balaban J connectivity index is 1.18. The molecule has 0 unspecified atom stereocenters. The number of Topliss-reactive ketones (excluding diaryl/α,β-unsaturated/α-hetero) is 3. The smallest absolute Gasteiger partial charge is 0.159 e. The monoisotopic (exact) mass is 928 g/mol. The first kappa shape index (κ1) is 43.7. The number of hydrogen-bond acceptors (Lipinski definition) is 9. The third kappa shape index (κ3) is 7.07. The van der Waals surface area contributed by atoms with E-state index in [2.05, 4.69) is 0 Å². The Morgan fingerprint density at radius 2 is 0.580 bits per heavy atom. The van der Waals surface area contributed by atoms with E-state index in [0.717, 1.165) is 91.7 Å².